The second kappa shape index (κ2) is 9.81. The van der Waals surface area contributed by atoms with Crippen LogP contribution in [-0.2, 0) is 15.8 Å². The zero-order valence-electron chi connectivity index (χ0n) is 17.4. The van der Waals surface area contributed by atoms with E-state index < -0.39 is 23.4 Å². The first-order chi connectivity index (χ1) is 14.2. The Bertz CT molecular complexity index is 720. The van der Waals surface area contributed by atoms with Crippen LogP contribution in [0.1, 0.15) is 44.6 Å². The van der Waals surface area contributed by atoms with E-state index in [-0.39, 0.29) is 6.04 Å². The summed E-state index contributed by atoms with van der Waals surface area (Å²) >= 11 is 0. The number of hydrogen-bond donors (Lipinski definition) is 1. The summed E-state index contributed by atoms with van der Waals surface area (Å²) in [7, 11) is 0. The van der Waals surface area contributed by atoms with Gasteiger partial charge in [0, 0.05) is 44.8 Å². The molecule has 2 aliphatic rings. The second-order valence-electron chi connectivity index (χ2n) is 8.41. The number of alkyl halides is 3. The highest BCUT2D eigenvalue weighted by Gasteiger charge is 2.30. The van der Waals surface area contributed by atoms with Gasteiger partial charge in [0.1, 0.15) is 0 Å². The highest BCUT2D eigenvalue weighted by molar-refractivity contribution is 6.35. The van der Waals surface area contributed by atoms with E-state index in [1.54, 1.807) is 12.1 Å². The van der Waals surface area contributed by atoms with Gasteiger partial charge in [-0.25, -0.2) is 0 Å². The Hall–Kier alpha value is -2.09. The summed E-state index contributed by atoms with van der Waals surface area (Å²) in [6.45, 7) is 5.76. The summed E-state index contributed by atoms with van der Waals surface area (Å²) in [5.74, 6) is -0.277. The summed E-state index contributed by atoms with van der Waals surface area (Å²) in [6.07, 6.45) is 0.794. The number of carbonyl (C=O) groups excluding carboxylic acids is 2. The highest BCUT2D eigenvalue weighted by atomic mass is 19.4. The topological polar surface area (TPSA) is 52.7 Å². The lowest BCUT2D eigenvalue weighted by molar-refractivity contribution is -0.137. The third-order valence-corrected chi connectivity index (χ3v) is 6.29. The van der Waals surface area contributed by atoms with Crippen molar-refractivity contribution < 1.29 is 22.8 Å². The van der Waals surface area contributed by atoms with Crippen LogP contribution in [0, 0.1) is 5.92 Å². The molecule has 1 aromatic rings. The Balaban J connectivity index is 1.36. The maximum Gasteiger partial charge on any atom is 0.416 e. The molecule has 1 saturated heterocycles. The number of nitrogens with one attached hydrogen (secondary N) is 1. The molecule has 166 valence electrons. The van der Waals surface area contributed by atoms with Crippen molar-refractivity contribution in [2.75, 3.05) is 37.6 Å². The van der Waals surface area contributed by atoms with Crippen molar-refractivity contribution in [3.05, 3.63) is 29.8 Å². The molecule has 2 fully saturated rings. The van der Waals surface area contributed by atoms with Gasteiger partial charge in [-0.15, -0.1) is 0 Å². The van der Waals surface area contributed by atoms with Crippen molar-refractivity contribution in [1.29, 1.82) is 0 Å². The van der Waals surface area contributed by atoms with Crippen LogP contribution in [0.2, 0.25) is 0 Å². The second-order valence-corrected chi connectivity index (χ2v) is 8.41. The molecule has 1 amide bonds. The van der Waals surface area contributed by atoms with Crippen molar-refractivity contribution in [3.8, 4) is 0 Å². The minimum absolute atomic E-state index is 0.116. The van der Waals surface area contributed by atoms with Crippen molar-refractivity contribution in [2.45, 2.75) is 51.2 Å². The maximum absolute atomic E-state index is 12.7. The number of halogens is 3. The van der Waals surface area contributed by atoms with E-state index >= 15 is 0 Å². The number of benzene rings is 1. The first-order valence-electron chi connectivity index (χ1n) is 10.7. The molecule has 1 heterocycles. The first kappa shape index (κ1) is 22.6. The van der Waals surface area contributed by atoms with Crippen LogP contribution in [-0.4, -0.2) is 55.4 Å². The van der Waals surface area contributed by atoms with E-state index in [1.807, 2.05) is 0 Å². The molecular weight excluding hydrogens is 395 g/mol. The predicted molar refractivity (Wildman–Crippen MR) is 109 cm³/mol. The van der Waals surface area contributed by atoms with Crippen LogP contribution < -0.4 is 10.2 Å². The van der Waals surface area contributed by atoms with Crippen LogP contribution in [0.3, 0.4) is 0 Å². The fourth-order valence-corrected chi connectivity index (χ4v) is 4.34. The lowest BCUT2D eigenvalue weighted by Gasteiger charge is -2.37. The highest BCUT2D eigenvalue weighted by Crippen LogP contribution is 2.31. The van der Waals surface area contributed by atoms with Gasteiger partial charge < -0.3 is 10.2 Å². The summed E-state index contributed by atoms with van der Waals surface area (Å²) in [4.78, 5) is 27.1. The molecule has 8 heteroatoms. The SMILES string of the molecule is CC(=O)C(=O)NC1CCC(CCN2CCN(c3ccc(C(F)(F)F)cc3)CC2)CC1. The molecule has 0 bridgehead atoms. The van der Waals surface area contributed by atoms with Crippen LogP contribution >= 0.6 is 0 Å². The minimum atomic E-state index is -4.30. The number of Topliss-reactive ketones (excluding diaryl/α,β-unsaturated/α-hetero) is 1. The van der Waals surface area contributed by atoms with Crippen molar-refractivity contribution in [3.63, 3.8) is 0 Å². The lowest BCUT2D eigenvalue weighted by Crippen LogP contribution is -2.47. The Morgan fingerprint density at radius 3 is 2.13 bits per heavy atom. The number of carbonyl (C=O) groups is 2. The molecule has 0 radical (unpaired) electrons. The molecule has 3 rings (SSSR count). The molecule has 30 heavy (non-hydrogen) atoms. The van der Waals surface area contributed by atoms with Gasteiger partial charge in [0.25, 0.3) is 5.91 Å². The number of piperazine rings is 1. The third kappa shape index (κ3) is 6.20. The number of ketones is 1. The zero-order chi connectivity index (χ0) is 21.7. The van der Waals surface area contributed by atoms with Gasteiger partial charge >= 0.3 is 6.18 Å². The average Bonchev–Trinajstić information content (AvgIpc) is 2.73. The molecule has 1 aromatic carbocycles. The number of rotatable bonds is 6. The molecule has 1 saturated carbocycles. The normalized spacial score (nSPS) is 23.3. The largest absolute Gasteiger partial charge is 0.416 e. The van der Waals surface area contributed by atoms with E-state index in [2.05, 4.69) is 15.1 Å². The molecule has 0 aromatic heterocycles. The van der Waals surface area contributed by atoms with Gasteiger partial charge in [-0.3, -0.25) is 14.5 Å². The molecule has 0 atom stereocenters. The van der Waals surface area contributed by atoms with Crippen LogP contribution in [0.15, 0.2) is 24.3 Å². The van der Waals surface area contributed by atoms with Crippen LogP contribution in [0.4, 0.5) is 18.9 Å². The summed E-state index contributed by atoms with van der Waals surface area (Å²) in [5, 5.41) is 2.81. The van der Waals surface area contributed by atoms with E-state index in [1.165, 1.54) is 6.92 Å². The molecule has 1 N–H and O–H groups in total. The maximum atomic E-state index is 12.7. The van der Waals surface area contributed by atoms with Crippen LogP contribution in [0.25, 0.3) is 0 Å². The first-order valence-corrected chi connectivity index (χ1v) is 10.7. The zero-order valence-corrected chi connectivity index (χ0v) is 17.4. The number of amides is 1. The van der Waals surface area contributed by atoms with Gasteiger partial charge in [0.05, 0.1) is 5.56 Å². The summed E-state index contributed by atoms with van der Waals surface area (Å²) < 4.78 is 38.1. The Labute approximate surface area is 175 Å². The van der Waals surface area contributed by atoms with Gasteiger partial charge in [-0.05, 0) is 68.8 Å². The Morgan fingerprint density at radius 1 is 1.00 bits per heavy atom. The van der Waals surface area contributed by atoms with Crippen molar-refractivity contribution in [2.24, 2.45) is 5.92 Å². The smallest absolute Gasteiger partial charge is 0.369 e. The molecular formula is C22H30F3N3O2. The van der Waals surface area contributed by atoms with E-state index in [0.29, 0.717) is 5.92 Å². The van der Waals surface area contributed by atoms with Crippen molar-refractivity contribution in [1.82, 2.24) is 10.2 Å². The van der Waals surface area contributed by atoms with Gasteiger partial charge in [-0.2, -0.15) is 13.2 Å². The van der Waals surface area contributed by atoms with Gasteiger partial charge in [0.15, 0.2) is 0 Å². The number of hydrogen-bond acceptors (Lipinski definition) is 4. The minimum Gasteiger partial charge on any atom is -0.369 e. The third-order valence-electron chi connectivity index (χ3n) is 6.29. The summed E-state index contributed by atoms with van der Waals surface area (Å²) in [5.41, 5.74) is 0.231. The predicted octanol–water partition coefficient (Wildman–Crippen LogP) is 3.48. The number of nitrogens with zero attached hydrogens (tertiary/aromatic N) is 2. The van der Waals surface area contributed by atoms with Crippen molar-refractivity contribution >= 4 is 17.4 Å². The fourth-order valence-electron chi connectivity index (χ4n) is 4.34. The lowest BCUT2D eigenvalue weighted by atomic mass is 9.84. The molecule has 5 nitrogen and oxygen atoms in total. The average molecular weight is 425 g/mol. The fraction of sp³-hybridized carbons (Fsp3) is 0.636. The summed E-state index contributed by atoms with van der Waals surface area (Å²) in [6, 6.07) is 5.53. The van der Waals surface area contributed by atoms with Gasteiger partial charge in [0.2, 0.25) is 5.78 Å². The standard InChI is InChI=1S/C22H30F3N3O2/c1-16(29)21(30)26-19-6-2-17(3-7-19)10-11-27-12-14-28(15-13-27)20-8-4-18(5-9-20)22(23,24)25/h4-5,8-9,17,19H,2-3,6-7,10-15H2,1H3,(H,26,30). The Morgan fingerprint density at radius 2 is 1.60 bits per heavy atom. The molecule has 0 spiro atoms. The van der Waals surface area contributed by atoms with E-state index in [4.69, 9.17) is 0 Å². The van der Waals surface area contributed by atoms with E-state index in [0.717, 1.165) is 82.6 Å². The van der Waals surface area contributed by atoms with E-state index in [9.17, 15) is 22.8 Å². The van der Waals surface area contributed by atoms with Crippen LogP contribution in [0.5, 0.6) is 0 Å². The molecule has 1 aliphatic heterocycles. The monoisotopic (exact) mass is 425 g/mol. The number of anilines is 1. The molecule has 0 unspecified atom stereocenters. The Kier molecular flexibility index (Phi) is 7.39. The quantitative estimate of drug-likeness (QED) is 0.709. The van der Waals surface area contributed by atoms with Gasteiger partial charge in [-0.1, -0.05) is 0 Å². The molecule has 1 aliphatic carbocycles.